The summed E-state index contributed by atoms with van der Waals surface area (Å²) >= 11 is 0. The zero-order chi connectivity index (χ0) is 24.2. The molecule has 0 amide bonds. The highest BCUT2D eigenvalue weighted by Gasteiger charge is 2.06. The molecule has 172 valence electrons. The lowest BCUT2D eigenvalue weighted by molar-refractivity contribution is 0.753. The van der Waals surface area contributed by atoms with E-state index >= 15 is 0 Å². The largest absolute Gasteiger partial charge is 0.156 e. The fraction of sp³-hybridized carbons (Fsp3) is 0. The minimum atomic E-state index is 0.852. The molecule has 0 N–H and O–H groups in total. The van der Waals surface area contributed by atoms with Gasteiger partial charge in [-0.05, 0) is 35.4 Å². The first-order valence-electron chi connectivity index (χ1n) is 11.7. The topological polar surface area (TPSA) is 61.4 Å². The molecule has 0 aliphatic rings. The maximum atomic E-state index is 4.60. The average molecular weight is 467 g/mol. The Bertz CT molecular complexity index is 1470. The van der Waals surface area contributed by atoms with Gasteiger partial charge in [-0.15, -0.1) is 10.2 Å². The van der Waals surface area contributed by atoms with Crippen molar-refractivity contribution in [1.29, 1.82) is 0 Å². The first kappa shape index (κ1) is 21.4. The number of nitrogens with zero attached hydrogens (tertiary/aromatic N) is 6. The van der Waals surface area contributed by atoms with Gasteiger partial charge in [0.1, 0.15) is 11.4 Å². The van der Waals surface area contributed by atoms with Gasteiger partial charge in [-0.1, -0.05) is 97.1 Å². The molecule has 4 aromatic carbocycles. The van der Waals surface area contributed by atoms with E-state index in [2.05, 4.69) is 56.8 Å². The van der Waals surface area contributed by atoms with Gasteiger partial charge in [0, 0.05) is 11.1 Å². The summed E-state index contributed by atoms with van der Waals surface area (Å²) in [7, 11) is 0. The van der Waals surface area contributed by atoms with Crippen molar-refractivity contribution in [3.8, 4) is 33.9 Å². The Hall–Kier alpha value is -5.10. The fourth-order valence-electron chi connectivity index (χ4n) is 3.89. The third-order valence-corrected chi connectivity index (χ3v) is 5.84. The molecule has 0 spiro atoms. The smallest absolute Gasteiger partial charge is 0.113 e. The molecule has 6 heteroatoms. The molecule has 0 bridgehead atoms. The number of rotatable bonds is 6. The van der Waals surface area contributed by atoms with Crippen LogP contribution in [0, 0.1) is 0 Å². The van der Waals surface area contributed by atoms with Crippen molar-refractivity contribution < 1.29 is 0 Å². The van der Waals surface area contributed by atoms with Crippen LogP contribution in [0.5, 0.6) is 0 Å². The van der Waals surface area contributed by atoms with Crippen LogP contribution in [0.15, 0.2) is 122 Å². The van der Waals surface area contributed by atoms with Crippen LogP contribution in [-0.2, 0) is 0 Å². The minimum Gasteiger partial charge on any atom is -0.156 e. The third kappa shape index (κ3) is 4.60. The van der Waals surface area contributed by atoms with Crippen LogP contribution in [0.1, 0.15) is 11.1 Å². The van der Waals surface area contributed by atoms with Crippen LogP contribution >= 0.6 is 0 Å². The summed E-state index contributed by atoms with van der Waals surface area (Å²) < 4.78 is 0. The zero-order valence-corrected chi connectivity index (χ0v) is 19.4. The summed E-state index contributed by atoms with van der Waals surface area (Å²) in [6.07, 6.45) is 7.75. The van der Waals surface area contributed by atoms with Crippen LogP contribution in [-0.4, -0.2) is 30.0 Å². The number of benzene rings is 4. The normalized spacial score (nSPS) is 11.2. The molecule has 0 atom stereocenters. The van der Waals surface area contributed by atoms with E-state index in [-0.39, 0.29) is 0 Å². The standard InChI is InChI=1S/C30H22N6/c1-3-7-25(8-4-1)29-21-31-35(33-29)27-17-13-23(14-18-27)11-12-24-15-19-28(20-16-24)36-32-22-30(34-36)26-9-5-2-6-10-26/h1-22H. The predicted octanol–water partition coefficient (Wildman–Crippen LogP) is 6.35. The van der Waals surface area contributed by atoms with Crippen LogP contribution in [0.4, 0.5) is 0 Å². The third-order valence-electron chi connectivity index (χ3n) is 5.84. The predicted molar refractivity (Wildman–Crippen MR) is 143 cm³/mol. The van der Waals surface area contributed by atoms with E-state index in [1.54, 1.807) is 22.0 Å². The Morgan fingerprint density at radius 2 is 0.833 bits per heavy atom. The SMILES string of the molecule is C(=Cc1ccc(-n2ncc(-c3ccccc3)n2)cc1)c1ccc(-n2ncc(-c3ccccc3)n2)cc1. The molecular formula is C30H22N6. The van der Waals surface area contributed by atoms with Gasteiger partial charge in [0.05, 0.1) is 23.8 Å². The molecule has 0 aliphatic heterocycles. The molecule has 0 saturated heterocycles. The molecule has 2 aromatic heterocycles. The molecule has 0 radical (unpaired) electrons. The van der Waals surface area contributed by atoms with E-state index in [1.165, 1.54) is 0 Å². The van der Waals surface area contributed by atoms with Crippen LogP contribution < -0.4 is 0 Å². The van der Waals surface area contributed by atoms with Gasteiger partial charge >= 0.3 is 0 Å². The Labute approximate surface area is 208 Å². The van der Waals surface area contributed by atoms with Crippen molar-refractivity contribution in [2.45, 2.75) is 0 Å². The molecule has 0 saturated carbocycles. The quantitative estimate of drug-likeness (QED) is 0.268. The molecular weight excluding hydrogens is 444 g/mol. The van der Waals surface area contributed by atoms with Crippen molar-refractivity contribution in [2.75, 3.05) is 0 Å². The number of hydrogen-bond donors (Lipinski definition) is 0. The fourth-order valence-corrected chi connectivity index (χ4v) is 3.89. The van der Waals surface area contributed by atoms with E-state index in [9.17, 15) is 0 Å². The lowest BCUT2D eigenvalue weighted by Gasteiger charge is -2.02. The van der Waals surface area contributed by atoms with E-state index in [4.69, 9.17) is 0 Å². The van der Waals surface area contributed by atoms with Gasteiger partial charge in [-0.25, -0.2) is 0 Å². The van der Waals surface area contributed by atoms with Gasteiger partial charge in [0.15, 0.2) is 0 Å². The van der Waals surface area contributed by atoms with Gasteiger partial charge in [0.25, 0.3) is 0 Å². The molecule has 0 fully saturated rings. The number of aromatic nitrogens is 6. The molecule has 0 unspecified atom stereocenters. The molecule has 0 aliphatic carbocycles. The Kier molecular flexibility index (Phi) is 5.74. The Balaban J connectivity index is 1.13. The second-order valence-electron chi connectivity index (χ2n) is 8.29. The van der Waals surface area contributed by atoms with Crippen molar-refractivity contribution in [3.63, 3.8) is 0 Å². The van der Waals surface area contributed by atoms with E-state index < -0.39 is 0 Å². The second kappa shape index (κ2) is 9.64. The van der Waals surface area contributed by atoms with Crippen molar-refractivity contribution in [3.05, 3.63) is 133 Å². The highest BCUT2D eigenvalue weighted by molar-refractivity contribution is 5.70. The van der Waals surface area contributed by atoms with Gasteiger partial charge < -0.3 is 0 Å². The molecule has 6 nitrogen and oxygen atoms in total. The first-order chi connectivity index (χ1) is 17.8. The molecule has 6 aromatic rings. The van der Waals surface area contributed by atoms with E-state index in [1.807, 2.05) is 84.9 Å². The van der Waals surface area contributed by atoms with E-state index in [0.717, 1.165) is 45.0 Å². The average Bonchev–Trinajstić information content (AvgIpc) is 3.65. The van der Waals surface area contributed by atoms with Gasteiger partial charge in [-0.2, -0.15) is 19.8 Å². The molecule has 2 heterocycles. The lowest BCUT2D eigenvalue weighted by Crippen LogP contribution is -1.98. The van der Waals surface area contributed by atoms with Crippen molar-refractivity contribution >= 4 is 12.2 Å². The summed E-state index contributed by atoms with van der Waals surface area (Å²) in [4.78, 5) is 3.31. The lowest BCUT2D eigenvalue weighted by atomic mass is 10.1. The monoisotopic (exact) mass is 466 g/mol. The van der Waals surface area contributed by atoms with Gasteiger partial charge in [0.2, 0.25) is 0 Å². The van der Waals surface area contributed by atoms with Crippen LogP contribution in [0.25, 0.3) is 46.0 Å². The second-order valence-corrected chi connectivity index (χ2v) is 8.29. The van der Waals surface area contributed by atoms with Crippen molar-refractivity contribution in [1.82, 2.24) is 30.0 Å². The van der Waals surface area contributed by atoms with E-state index in [0.29, 0.717) is 0 Å². The van der Waals surface area contributed by atoms with Crippen molar-refractivity contribution in [2.24, 2.45) is 0 Å². The summed E-state index contributed by atoms with van der Waals surface area (Å²) in [5.41, 5.74) is 7.83. The first-order valence-corrected chi connectivity index (χ1v) is 11.7. The minimum absolute atomic E-state index is 0.852. The van der Waals surface area contributed by atoms with Crippen LogP contribution in [0.3, 0.4) is 0 Å². The highest BCUT2D eigenvalue weighted by Crippen LogP contribution is 2.19. The van der Waals surface area contributed by atoms with Crippen LogP contribution in [0.2, 0.25) is 0 Å². The maximum Gasteiger partial charge on any atom is 0.113 e. The Morgan fingerprint density at radius 3 is 1.22 bits per heavy atom. The summed E-state index contributed by atoms with van der Waals surface area (Å²) in [5, 5.41) is 18.0. The molecule has 6 rings (SSSR count). The highest BCUT2D eigenvalue weighted by atomic mass is 15.5. The maximum absolute atomic E-state index is 4.60. The summed E-state index contributed by atoms with van der Waals surface area (Å²) in [6.45, 7) is 0. The number of hydrogen-bond acceptors (Lipinski definition) is 4. The zero-order valence-electron chi connectivity index (χ0n) is 19.4. The Morgan fingerprint density at radius 1 is 0.444 bits per heavy atom. The summed E-state index contributed by atoms with van der Waals surface area (Å²) in [5.74, 6) is 0. The molecule has 36 heavy (non-hydrogen) atoms. The van der Waals surface area contributed by atoms with Gasteiger partial charge in [-0.3, -0.25) is 0 Å². The summed E-state index contributed by atoms with van der Waals surface area (Å²) in [6, 6.07) is 36.4.